The molecular weight excluding hydrogens is 294 g/mol. The van der Waals surface area contributed by atoms with Crippen LogP contribution < -0.4 is 0 Å². The maximum Gasteiger partial charge on any atom is 0.205 e. The average molecular weight is 307 g/mol. The van der Waals surface area contributed by atoms with E-state index in [1.807, 2.05) is 42.5 Å². The van der Waals surface area contributed by atoms with Crippen molar-refractivity contribution in [1.29, 1.82) is 0 Å². The Morgan fingerprint density at radius 2 is 1.43 bits per heavy atom. The van der Waals surface area contributed by atoms with Crippen molar-refractivity contribution in [2.45, 2.75) is 24.4 Å². The van der Waals surface area contributed by atoms with Gasteiger partial charge < -0.3 is 19.7 Å². The van der Waals surface area contributed by atoms with Crippen LogP contribution in [0.2, 0.25) is 0 Å². The molecule has 114 valence electrons. The molecule has 3 aromatic rings. The zero-order valence-corrected chi connectivity index (χ0v) is 12.0. The van der Waals surface area contributed by atoms with Crippen LogP contribution in [0.5, 0.6) is 11.8 Å². The van der Waals surface area contributed by atoms with Gasteiger partial charge in [-0.2, -0.15) is 0 Å². The van der Waals surface area contributed by atoms with Crippen LogP contribution in [0.3, 0.4) is 0 Å². The van der Waals surface area contributed by atoms with E-state index in [1.54, 1.807) is 0 Å². The van der Waals surface area contributed by atoms with E-state index in [0.717, 1.165) is 16.5 Å². The summed E-state index contributed by atoms with van der Waals surface area (Å²) in [5.41, 5.74) is 2.10. The molecular formula is C18H13NO4. The fourth-order valence-electron chi connectivity index (χ4n) is 4.10. The number of nitrogens with zero attached hydrogens (tertiary/aromatic N) is 1. The molecule has 0 saturated carbocycles. The van der Waals surface area contributed by atoms with E-state index in [4.69, 9.17) is 9.47 Å². The molecule has 0 aliphatic carbocycles. The van der Waals surface area contributed by atoms with Crippen molar-refractivity contribution >= 4 is 10.8 Å². The van der Waals surface area contributed by atoms with Gasteiger partial charge in [-0.05, 0) is 22.9 Å². The zero-order chi connectivity index (χ0) is 15.3. The number of fused-ring (bicyclic) bond motifs is 9. The van der Waals surface area contributed by atoms with Crippen molar-refractivity contribution in [3.8, 4) is 17.4 Å². The van der Waals surface area contributed by atoms with E-state index in [0.29, 0.717) is 11.1 Å². The van der Waals surface area contributed by atoms with Crippen LogP contribution in [-0.4, -0.2) is 27.0 Å². The number of aromatic hydroxyl groups is 2. The van der Waals surface area contributed by atoms with Crippen LogP contribution in [-0.2, 0) is 9.47 Å². The fourth-order valence-corrected chi connectivity index (χ4v) is 4.10. The minimum absolute atomic E-state index is 0.0326. The van der Waals surface area contributed by atoms with Gasteiger partial charge in [0.2, 0.25) is 11.8 Å². The Kier molecular flexibility index (Phi) is 1.93. The molecule has 1 aromatic heterocycles. The van der Waals surface area contributed by atoms with Gasteiger partial charge >= 0.3 is 0 Å². The van der Waals surface area contributed by atoms with Crippen LogP contribution in [0.4, 0.5) is 0 Å². The summed E-state index contributed by atoms with van der Waals surface area (Å²) in [4.78, 5) is 0. The van der Waals surface area contributed by atoms with Gasteiger partial charge in [-0.3, -0.25) is 4.57 Å². The molecule has 23 heavy (non-hydrogen) atoms. The highest BCUT2D eigenvalue weighted by atomic mass is 16.7. The molecule has 3 aliphatic rings. The summed E-state index contributed by atoms with van der Waals surface area (Å²) in [5.74, 6) is 0.100. The van der Waals surface area contributed by atoms with Crippen LogP contribution in [0.15, 0.2) is 42.5 Å². The third-order valence-electron chi connectivity index (χ3n) is 5.21. The number of rotatable bonds is 1. The standard InChI is InChI=1S/C18H13NO4/c20-17-11-12(14-16-15(23-16)13(11)22-14)18(21)19(17)10-6-5-8-3-1-2-4-9(8)7-10/h1-7,13-16,20-21H/t13?,14?,15-,16+. The molecule has 0 amide bonds. The third-order valence-corrected chi connectivity index (χ3v) is 5.21. The summed E-state index contributed by atoms with van der Waals surface area (Å²) in [6.45, 7) is 0. The summed E-state index contributed by atoms with van der Waals surface area (Å²) >= 11 is 0. The maximum absolute atomic E-state index is 10.7. The molecule has 4 heterocycles. The molecule has 2 saturated heterocycles. The zero-order valence-electron chi connectivity index (χ0n) is 12.0. The van der Waals surface area contributed by atoms with Gasteiger partial charge in [0.1, 0.15) is 24.4 Å². The molecule has 2 bridgehead atoms. The second-order valence-electron chi connectivity index (χ2n) is 6.38. The summed E-state index contributed by atoms with van der Waals surface area (Å²) in [7, 11) is 0. The van der Waals surface area contributed by atoms with Crippen LogP contribution in [0.1, 0.15) is 23.3 Å². The summed E-state index contributed by atoms with van der Waals surface area (Å²) in [6, 6.07) is 13.9. The SMILES string of the molecule is Oc1c2c(c(O)n1-c1ccc3ccccc3c1)C1OC2[C@H]2O[C@@H]12. The van der Waals surface area contributed by atoms with E-state index in [2.05, 4.69) is 0 Å². The number of benzene rings is 2. The Labute approximate surface area is 131 Å². The van der Waals surface area contributed by atoms with Crippen molar-refractivity contribution in [2.24, 2.45) is 0 Å². The molecule has 5 nitrogen and oxygen atoms in total. The van der Waals surface area contributed by atoms with Gasteiger partial charge in [0.25, 0.3) is 0 Å². The Morgan fingerprint density at radius 3 is 2.13 bits per heavy atom. The third kappa shape index (κ3) is 1.31. The molecule has 4 atom stereocenters. The lowest BCUT2D eigenvalue weighted by molar-refractivity contribution is -0.0113. The highest BCUT2D eigenvalue weighted by Crippen LogP contribution is 2.65. The van der Waals surface area contributed by atoms with Gasteiger partial charge in [-0.25, -0.2) is 0 Å². The Bertz CT molecular complexity index is 955. The summed E-state index contributed by atoms with van der Waals surface area (Å²) < 4.78 is 12.9. The van der Waals surface area contributed by atoms with Gasteiger partial charge in [0.05, 0.1) is 16.8 Å². The lowest BCUT2D eigenvalue weighted by Crippen LogP contribution is -2.04. The lowest BCUT2D eigenvalue weighted by atomic mass is 9.95. The normalized spacial score (nSPS) is 29.7. The molecule has 2 N–H and O–H groups in total. The molecule has 2 aromatic carbocycles. The molecule has 6 rings (SSSR count). The predicted octanol–water partition coefficient (Wildman–Crippen LogP) is 2.94. The van der Waals surface area contributed by atoms with Gasteiger partial charge in [-0.1, -0.05) is 30.3 Å². The van der Waals surface area contributed by atoms with E-state index in [9.17, 15) is 10.2 Å². The van der Waals surface area contributed by atoms with Crippen molar-refractivity contribution in [3.63, 3.8) is 0 Å². The highest BCUT2D eigenvalue weighted by molar-refractivity contribution is 5.84. The first kappa shape index (κ1) is 12.0. The number of hydrogen-bond acceptors (Lipinski definition) is 4. The second-order valence-corrected chi connectivity index (χ2v) is 6.38. The van der Waals surface area contributed by atoms with E-state index in [1.165, 1.54) is 4.57 Å². The van der Waals surface area contributed by atoms with Crippen molar-refractivity contribution < 1.29 is 19.7 Å². The van der Waals surface area contributed by atoms with Gasteiger partial charge in [0, 0.05) is 0 Å². The molecule has 5 heteroatoms. The largest absolute Gasteiger partial charge is 0.494 e. The first-order chi connectivity index (χ1) is 11.2. The van der Waals surface area contributed by atoms with Crippen molar-refractivity contribution in [2.75, 3.05) is 0 Å². The van der Waals surface area contributed by atoms with Crippen molar-refractivity contribution in [3.05, 3.63) is 53.6 Å². The molecule has 2 unspecified atom stereocenters. The summed E-state index contributed by atoms with van der Waals surface area (Å²) in [5, 5.41) is 23.5. The first-order valence-corrected chi connectivity index (χ1v) is 7.70. The number of hydrogen-bond donors (Lipinski definition) is 2. The minimum Gasteiger partial charge on any atom is -0.494 e. The molecule has 0 spiro atoms. The number of epoxide rings is 1. The van der Waals surface area contributed by atoms with Crippen LogP contribution in [0.25, 0.3) is 16.5 Å². The molecule has 3 aliphatic heterocycles. The van der Waals surface area contributed by atoms with Gasteiger partial charge in [0.15, 0.2) is 0 Å². The quantitative estimate of drug-likeness (QED) is 0.678. The number of aromatic nitrogens is 1. The van der Waals surface area contributed by atoms with Crippen molar-refractivity contribution in [1.82, 2.24) is 4.57 Å². The topological polar surface area (TPSA) is 67.2 Å². The monoisotopic (exact) mass is 307 g/mol. The van der Waals surface area contributed by atoms with E-state index >= 15 is 0 Å². The lowest BCUT2D eigenvalue weighted by Gasteiger charge is -2.12. The molecule has 0 radical (unpaired) electrons. The van der Waals surface area contributed by atoms with Gasteiger partial charge in [-0.15, -0.1) is 0 Å². The second kappa shape index (κ2) is 3.69. The summed E-state index contributed by atoms with van der Waals surface area (Å²) in [6.07, 6.45) is -0.448. The highest BCUT2D eigenvalue weighted by Gasteiger charge is 2.66. The molecule has 2 fully saturated rings. The smallest absolute Gasteiger partial charge is 0.205 e. The first-order valence-electron chi connectivity index (χ1n) is 7.70. The van der Waals surface area contributed by atoms with E-state index in [-0.39, 0.29) is 36.2 Å². The predicted molar refractivity (Wildman–Crippen MR) is 81.8 cm³/mol. The van der Waals surface area contributed by atoms with Crippen LogP contribution in [0, 0.1) is 0 Å². The minimum atomic E-state index is -0.257. The number of ether oxygens (including phenoxy) is 2. The fraction of sp³-hybridized carbons (Fsp3) is 0.222. The van der Waals surface area contributed by atoms with E-state index < -0.39 is 0 Å². The Morgan fingerprint density at radius 1 is 0.783 bits per heavy atom. The average Bonchev–Trinajstić information content (AvgIpc) is 3.08. The Hall–Kier alpha value is -2.50. The van der Waals surface area contributed by atoms with Crippen LogP contribution >= 0.6 is 0 Å². The maximum atomic E-state index is 10.7. The Balaban J connectivity index is 1.59.